The van der Waals surface area contributed by atoms with Crippen LogP contribution in [0, 0.1) is 29.2 Å². The Morgan fingerprint density at radius 1 is 0.446 bits per heavy atom. The highest BCUT2D eigenvalue weighted by atomic mass is 15.0. The highest BCUT2D eigenvalue weighted by Gasteiger charge is 2.23. The molecule has 0 fully saturated rings. The van der Waals surface area contributed by atoms with Crippen LogP contribution in [0.5, 0.6) is 0 Å². The van der Waals surface area contributed by atoms with Crippen LogP contribution in [0.4, 0.5) is 5.69 Å². The molecule has 0 amide bonds. The van der Waals surface area contributed by atoms with E-state index in [1.807, 2.05) is 85.2 Å². The molecule has 0 atom stereocenters. The van der Waals surface area contributed by atoms with Gasteiger partial charge in [0.25, 0.3) is 0 Å². The van der Waals surface area contributed by atoms with Crippen LogP contribution in [0.15, 0.2) is 170 Å². The lowest BCUT2D eigenvalue weighted by molar-refractivity contribution is 1.13. The Morgan fingerprint density at radius 3 is 1.41 bits per heavy atom. The highest BCUT2D eigenvalue weighted by Crippen LogP contribution is 2.44. The fourth-order valence-corrected chi connectivity index (χ4v) is 8.13. The molecule has 0 unspecified atom stereocenters. The molecule has 0 saturated carbocycles. The first-order valence-corrected chi connectivity index (χ1v) is 18.2. The Balaban J connectivity index is 1.28. The van der Waals surface area contributed by atoms with Crippen molar-refractivity contribution < 1.29 is 0 Å². The van der Waals surface area contributed by atoms with Crippen molar-refractivity contribution in [2.24, 2.45) is 0 Å². The lowest BCUT2D eigenvalue weighted by Gasteiger charge is -2.21. The number of benzene rings is 7. The summed E-state index contributed by atoms with van der Waals surface area (Å²) in [7, 11) is 0. The smallest absolute Gasteiger partial charge is 0.187 e. The van der Waals surface area contributed by atoms with Gasteiger partial charge in [0, 0.05) is 39.5 Å². The van der Waals surface area contributed by atoms with Crippen molar-refractivity contribution in [3.8, 4) is 56.9 Å². The summed E-state index contributed by atoms with van der Waals surface area (Å²) in [6.07, 6.45) is 3.63. The van der Waals surface area contributed by atoms with E-state index in [1.165, 1.54) is 0 Å². The summed E-state index contributed by atoms with van der Waals surface area (Å²) in [5, 5.41) is 24.4. The molecule has 7 aromatic carbocycles. The van der Waals surface area contributed by atoms with Crippen LogP contribution in [-0.4, -0.2) is 14.1 Å². The van der Waals surface area contributed by atoms with Gasteiger partial charge in [0.05, 0.1) is 63.3 Å². The van der Waals surface area contributed by atoms with Crippen LogP contribution >= 0.6 is 0 Å². The van der Waals surface area contributed by atoms with Crippen LogP contribution in [-0.2, 0) is 0 Å². The second kappa shape index (κ2) is 13.0. The van der Waals surface area contributed by atoms with Crippen molar-refractivity contribution >= 4 is 49.3 Å². The Morgan fingerprint density at radius 2 is 0.911 bits per heavy atom. The highest BCUT2D eigenvalue weighted by molar-refractivity contribution is 6.13. The van der Waals surface area contributed by atoms with E-state index in [1.54, 1.807) is 0 Å². The fourth-order valence-electron chi connectivity index (χ4n) is 8.13. The Kier molecular flexibility index (Phi) is 7.53. The minimum absolute atomic E-state index is 0.537. The van der Waals surface area contributed by atoms with Crippen molar-refractivity contribution in [2.75, 3.05) is 0 Å². The molecule has 0 aliphatic rings. The first-order chi connectivity index (χ1) is 27.6. The number of hydrogen-bond donors (Lipinski definition) is 0. The molecule has 0 saturated heterocycles. The summed E-state index contributed by atoms with van der Waals surface area (Å²) in [6, 6.07) is 58.0. The van der Waals surface area contributed by atoms with E-state index in [-0.39, 0.29) is 0 Å². The number of rotatable bonds is 5. The molecule has 10 rings (SSSR count). The average Bonchev–Trinajstić information content (AvgIpc) is 3.78. The molecule has 0 bridgehead atoms. The quantitative estimate of drug-likeness (QED) is 0.167. The van der Waals surface area contributed by atoms with Crippen molar-refractivity contribution in [1.29, 1.82) is 10.5 Å². The van der Waals surface area contributed by atoms with E-state index in [9.17, 15) is 10.5 Å². The molecule has 0 aliphatic carbocycles. The molecule has 0 radical (unpaired) electrons. The maximum absolute atomic E-state index is 10.7. The van der Waals surface area contributed by atoms with Crippen LogP contribution < -0.4 is 0 Å². The van der Waals surface area contributed by atoms with Crippen molar-refractivity contribution in [3.63, 3.8) is 0 Å². The number of para-hydroxylation sites is 2. The van der Waals surface area contributed by atoms with Crippen molar-refractivity contribution in [1.82, 2.24) is 14.1 Å². The van der Waals surface area contributed by atoms with Gasteiger partial charge in [-0.25, -0.2) is 4.85 Å². The molecule has 3 heterocycles. The summed E-state index contributed by atoms with van der Waals surface area (Å²) >= 11 is 0. The minimum Gasteiger partial charge on any atom is -0.308 e. The van der Waals surface area contributed by atoms with Gasteiger partial charge in [0.15, 0.2) is 5.69 Å². The predicted molar refractivity (Wildman–Crippen MR) is 225 cm³/mol. The maximum Gasteiger partial charge on any atom is 0.187 e. The van der Waals surface area contributed by atoms with E-state index < -0.39 is 0 Å². The number of nitriles is 2. The molecule has 258 valence electrons. The zero-order chi connectivity index (χ0) is 37.8. The number of nitrogens with zero attached hydrogens (tertiary/aromatic N) is 6. The van der Waals surface area contributed by atoms with Gasteiger partial charge in [0.1, 0.15) is 0 Å². The molecule has 0 aliphatic heterocycles. The lowest BCUT2D eigenvalue weighted by Crippen LogP contribution is -2.05. The zero-order valence-corrected chi connectivity index (χ0v) is 29.8. The monoisotopic (exact) mass is 712 g/mol. The van der Waals surface area contributed by atoms with Gasteiger partial charge in [-0.2, -0.15) is 10.5 Å². The molecule has 3 aromatic heterocycles. The summed E-state index contributed by atoms with van der Waals surface area (Å²) < 4.78 is 4.57. The van der Waals surface area contributed by atoms with E-state index in [2.05, 4.69) is 116 Å². The van der Waals surface area contributed by atoms with Gasteiger partial charge < -0.3 is 9.13 Å². The topological polar surface area (TPSA) is 74.7 Å². The zero-order valence-electron chi connectivity index (χ0n) is 29.8. The second-order valence-corrected chi connectivity index (χ2v) is 13.8. The minimum atomic E-state index is 0.537. The molecule has 10 aromatic rings. The van der Waals surface area contributed by atoms with Gasteiger partial charge in [-0.3, -0.25) is 4.98 Å². The normalized spacial score (nSPS) is 11.2. The summed E-state index contributed by atoms with van der Waals surface area (Å²) in [6.45, 7) is 7.39. The third kappa shape index (κ3) is 5.12. The number of fused-ring (bicyclic) bond motifs is 6. The van der Waals surface area contributed by atoms with E-state index in [0.29, 0.717) is 16.8 Å². The predicted octanol–water partition coefficient (Wildman–Crippen LogP) is 12.6. The molecule has 6 heteroatoms. The molecule has 0 N–H and O–H groups in total. The third-order valence-electron chi connectivity index (χ3n) is 10.7. The van der Waals surface area contributed by atoms with Crippen molar-refractivity contribution in [3.05, 3.63) is 193 Å². The number of aromatic nitrogens is 3. The number of pyridine rings is 1. The van der Waals surface area contributed by atoms with Gasteiger partial charge in [-0.1, -0.05) is 84.9 Å². The average molecular weight is 713 g/mol. The molecular weight excluding hydrogens is 685 g/mol. The standard InChI is InChI=1S/C50H28N6/c1-53-39-18-14-35(15-19-39)38-17-21-47-43(29-38)41-7-3-5-9-45(41)56(47)49-27-33(31-52)26-48(50(49)36-22-24-54-25-23-36)55-44-8-4-2-6-40(44)42-28-37(16-20-46(42)55)34-12-10-32(30-51)11-13-34/h2-29H. The molecule has 6 nitrogen and oxygen atoms in total. The van der Waals surface area contributed by atoms with Crippen LogP contribution in [0.3, 0.4) is 0 Å². The lowest BCUT2D eigenvalue weighted by atomic mass is 9.98. The Bertz CT molecular complexity index is 3120. The molecule has 56 heavy (non-hydrogen) atoms. The summed E-state index contributed by atoms with van der Waals surface area (Å²) in [5.74, 6) is 0. The largest absolute Gasteiger partial charge is 0.308 e. The molecular formula is C50H28N6. The van der Waals surface area contributed by atoms with Gasteiger partial charge in [-0.05, 0) is 101 Å². The summed E-state index contributed by atoms with van der Waals surface area (Å²) in [5.41, 5.74) is 13.7. The first kappa shape index (κ1) is 32.4. The third-order valence-corrected chi connectivity index (χ3v) is 10.7. The van der Waals surface area contributed by atoms with Gasteiger partial charge in [0.2, 0.25) is 0 Å². The second-order valence-electron chi connectivity index (χ2n) is 13.8. The Labute approximate surface area is 322 Å². The van der Waals surface area contributed by atoms with Crippen LogP contribution in [0.25, 0.3) is 93.2 Å². The molecule has 0 spiro atoms. The number of hydrogen-bond acceptors (Lipinski definition) is 3. The maximum atomic E-state index is 10.7. The van der Waals surface area contributed by atoms with Crippen LogP contribution in [0.1, 0.15) is 11.1 Å². The van der Waals surface area contributed by atoms with Gasteiger partial charge in [-0.15, -0.1) is 0 Å². The SMILES string of the molecule is [C-]#[N+]c1ccc(-c2ccc3c(c2)c2ccccc2n3-c2cc(C#N)cc(-n3c4ccccc4c4cc(-c5ccc(C#N)cc5)ccc43)c2-c2ccncc2)cc1. The fraction of sp³-hybridized carbons (Fsp3) is 0. The van der Waals surface area contributed by atoms with E-state index in [4.69, 9.17) is 6.57 Å². The van der Waals surface area contributed by atoms with Crippen molar-refractivity contribution in [2.45, 2.75) is 0 Å². The van der Waals surface area contributed by atoms with Crippen LogP contribution in [0.2, 0.25) is 0 Å². The van der Waals surface area contributed by atoms with E-state index in [0.717, 1.165) is 88.4 Å². The Hall–Kier alpha value is -8.24. The van der Waals surface area contributed by atoms with E-state index >= 15 is 0 Å². The van der Waals surface area contributed by atoms with Gasteiger partial charge >= 0.3 is 0 Å². The first-order valence-electron chi connectivity index (χ1n) is 18.2. The summed E-state index contributed by atoms with van der Waals surface area (Å²) in [4.78, 5) is 7.96.